The summed E-state index contributed by atoms with van der Waals surface area (Å²) in [6, 6.07) is 9.51. The predicted octanol–water partition coefficient (Wildman–Crippen LogP) is 2.48. The molecule has 0 saturated carbocycles. The fourth-order valence-electron chi connectivity index (χ4n) is 2.04. The normalized spacial score (nSPS) is 10.5. The topological polar surface area (TPSA) is 62.7 Å². The summed E-state index contributed by atoms with van der Waals surface area (Å²) in [5.41, 5.74) is 0.707. The average Bonchev–Trinajstić information content (AvgIpc) is 2.92. The van der Waals surface area contributed by atoms with Gasteiger partial charge in [0.25, 0.3) is 5.91 Å². The molecule has 2 rings (SSSR count). The van der Waals surface area contributed by atoms with Gasteiger partial charge in [-0.15, -0.1) is 11.3 Å². The molecule has 1 N–H and O–H groups in total. The number of benzene rings is 1. The van der Waals surface area contributed by atoms with Crippen molar-refractivity contribution in [1.29, 1.82) is 0 Å². The van der Waals surface area contributed by atoms with Crippen molar-refractivity contribution in [1.82, 2.24) is 9.88 Å². The Morgan fingerprint density at radius 1 is 1.36 bits per heavy atom. The molecular weight excluding hydrogens is 300 g/mol. The van der Waals surface area contributed by atoms with Crippen molar-refractivity contribution >= 4 is 17.2 Å². The molecule has 0 unspecified atom stereocenters. The Labute approximate surface area is 134 Å². The van der Waals surface area contributed by atoms with Gasteiger partial charge in [-0.25, -0.2) is 4.98 Å². The van der Waals surface area contributed by atoms with Gasteiger partial charge >= 0.3 is 0 Å². The molecule has 0 aliphatic carbocycles. The molecule has 0 aliphatic heterocycles. The Bertz CT molecular complexity index is 613. The number of aryl methyl sites for hydroxylation is 1. The zero-order chi connectivity index (χ0) is 15.9. The second kappa shape index (κ2) is 7.91. The molecule has 1 aromatic heterocycles. The molecule has 1 amide bonds. The highest BCUT2D eigenvalue weighted by Crippen LogP contribution is 2.21. The summed E-state index contributed by atoms with van der Waals surface area (Å²) in [7, 11) is 0. The van der Waals surface area contributed by atoms with Crippen molar-refractivity contribution in [2.45, 2.75) is 20.5 Å². The van der Waals surface area contributed by atoms with Crippen molar-refractivity contribution in [2.75, 3.05) is 19.7 Å². The predicted molar refractivity (Wildman–Crippen MR) is 86.3 cm³/mol. The minimum Gasteiger partial charge on any atom is -0.486 e. The van der Waals surface area contributed by atoms with Gasteiger partial charge in [-0.2, -0.15) is 0 Å². The number of hydrogen-bond donors (Lipinski definition) is 1. The number of ether oxygens (including phenoxy) is 1. The molecule has 22 heavy (non-hydrogen) atoms. The summed E-state index contributed by atoms with van der Waals surface area (Å²) >= 11 is 1.35. The van der Waals surface area contributed by atoms with Gasteiger partial charge in [0, 0.05) is 13.1 Å². The van der Waals surface area contributed by atoms with Crippen LogP contribution in [0.3, 0.4) is 0 Å². The maximum atomic E-state index is 12.4. The van der Waals surface area contributed by atoms with Crippen LogP contribution in [-0.4, -0.2) is 40.6 Å². The first kappa shape index (κ1) is 16.5. The van der Waals surface area contributed by atoms with E-state index in [0.717, 1.165) is 10.8 Å². The maximum absolute atomic E-state index is 12.4. The first-order valence-corrected chi connectivity index (χ1v) is 8.01. The number of likely N-dealkylation sites (N-methyl/N-ethyl adjacent to an activating group) is 1. The fraction of sp³-hybridized carbons (Fsp3) is 0.375. The first-order chi connectivity index (χ1) is 10.7. The van der Waals surface area contributed by atoms with Crippen LogP contribution in [-0.2, 0) is 6.61 Å². The lowest BCUT2D eigenvalue weighted by atomic mass is 10.3. The maximum Gasteiger partial charge on any atom is 0.265 e. The van der Waals surface area contributed by atoms with Crippen LogP contribution in [0.25, 0.3) is 0 Å². The van der Waals surface area contributed by atoms with Crippen molar-refractivity contribution in [3.05, 3.63) is 45.9 Å². The van der Waals surface area contributed by atoms with Crippen LogP contribution in [0.5, 0.6) is 5.75 Å². The van der Waals surface area contributed by atoms with Crippen molar-refractivity contribution in [2.24, 2.45) is 0 Å². The van der Waals surface area contributed by atoms with E-state index in [1.807, 2.05) is 44.2 Å². The Balaban J connectivity index is 2.06. The Hall–Kier alpha value is -1.92. The summed E-state index contributed by atoms with van der Waals surface area (Å²) in [5, 5.41) is 9.79. The highest BCUT2D eigenvalue weighted by atomic mass is 32.1. The molecule has 0 aliphatic rings. The van der Waals surface area contributed by atoms with Gasteiger partial charge in [0.2, 0.25) is 0 Å². The molecule has 0 spiro atoms. The monoisotopic (exact) mass is 320 g/mol. The van der Waals surface area contributed by atoms with Crippen LogP contribution < -0.4 is 4.74 Å². The average molecular weight is 320 g/mol. The zero-order valence-electron chi connectivity index (χ0n) is 12.8. The van der Waals surface area contributed by atoms with Gasteiger partial charge in [0.05, 0.1) is 12.3 Å². The van der Waals surface area contributed by atoms with Gasteiger partial charge in [0.15, 0.2) is 0 Å². The third kappa shape index (κ3) is 4.05. The number of aliphatic hydroxyl groups is 1. The number of amides is 1. The van der Waals surface area contributed by atoms with Gasteiger partial charge < -0.3 is 14.7 Å². The molecular formula is C16H20N2O3S. The SMILES string of the molecule is CCN(CCO)C(=O)c1sc(COc2ccccc2)nc1C. The molecule has 0 saturated heterocycles. The molecule has 5 nitrogen and oxygen atoms in total. The Morgan fingerprint density at radius 2 is 2.09 bits per heavy atom. The standard InChI is InChI=1S/C16H20N2O3S/c1-3-18(9-10-19)16(20)15-12(2)17-14(22-15)11-21-13-7-5-4-6-8-13/h4-8,19H,3,9-11H2,1-2H3. The molecule has 0 bridgehead atoms. The highest BCUT2D eigenvalue weighted by molar-refractivity contribution is 7.13. The van der Waals surface area contributed by atoms with E-state index >= 15 is 0 Å². The third-order valence-electron chi connectivity index (χ3n) is 3.18. The molecule has 6 heteroatoms. The number of aromatic nitrogens is 1. The van der Waals surface area contributed by atoms with E-state index in [-0.39, 0.29) is 12.5 Å². The van der Waals surface area contributed by atoms with E-state index in [1.165, 1.54) is 11.3 Å². The zero-order valence-corrected chi connectivity index (χ0v) is 13.6. The van der Waals surface area contributed by atoms with Crippen LogP contribution in [0, 0.1) is 6.92 Å². The van der Waals surface area contributed by atoms with E-state index in [9.17, 15) is 4.79 Å². The smallest absolute Gasteiger partial charge is 0.265 e. The molecule has 2 aromatic rings. The van der Waals surface area contributed by atoms with Crippen LogP contribution >= 0.6 is 11.3 Å². The lowest BCUT2D eigenvalue weighted by molar-refractivity contribution is 0.0736. The summed E-state index contributed by atoms with van der Waals surface area (Å²) in [5.74, 6) is 0.691. The summed E-state index contributed by atoms with van der Waals surface area (Å²) < 4.78 is 5.66. The summed E-state index contributed by atoms with van der Waals surface area (Å²) in [4.78, 5) is 19.1. The Morgan fingerprint density at radius 3 is 2.73 bits per heavy atom. The number of para-hydroxylation sites is 1. The van der Waals surface area contributed by atoms with Gasteiger partial charge in [-0.3, -0.25) is 4.79 Å². The van der Waals surface area contributed by atoms with Gasteiger partial charge in [-0.05, 0) is 26.0 Å². The van der Waals surface area contributed by atoms with Crippen molar-refractivity contribution < 1.29 is 14.6 Å². The molecule has 0 radical (unpaired) electrons. The lowest BCUT2D eigenvalue weighted by Crippen LogP contribution is -2.33. The van der Waals surface area contributed by atoms with E-state index in [0.29, 0.717) is 30.3 Å². The summed E-state index contributed by atoms with van der Waals surface area (Å²) in [6.45, 7) is 4.91. The molecule has 1 aromatic carbocycles. The molecule has 0 fully saturated rings. The quantitative estimate of drug-likeness (QED) is 0.851. The van der Waals surface area contributed by atoms with Crippen LogP contribution in [0.2, 0.25) is 0 Å². The molecule has 0 atom stereocenters. The van der Waals surface area contributed by atoms with Crippen molar-refractivity contribution in [3.63, 3.8) is 0 Å². The lowest BCUT2D eigenvalue weighted by Gasteiger charge is -2.18. The van der Waals surface area contributed by atoms with Gasteiger partial charge in [0.1, 0.15) is 22.2 Å². The Kier molecular flexibility index (Phi) is 5.91. The largest absolute Gasteiger partial charge is 0.486 e. The van der Waals surface area contributed by atoms with E-state index in [2.05, 4.69) is 4.98 Å². The van der Waals surface area contributed by atoms with Gasteiger partial charge in [-0.1, -0.05) is 18.2 Å². The highest BCUT2D eigenvalue weighted by Gasteiger charge is 2.20. The minimum atomic E-state index is -0.0856. The van der Waals surface area contributed by atoms with Crippen LogP contribution in [0.15, 0.2) is 30.3 Å². The summed E-state index contributed by atoms with van der Waals surface area (Å²) in [6.07, 6.45) is 0. The number of aliphatic hydroxyl groups excluding tert-OH is 1. The van der Waals surface area contributed by atoms with Crippen LogP contribution in [0.4, 0.5) is 0 Å². The number of thiazole rings is 1. The number of rotatable bonds is 7. The first-order valence-electron chi connectivity index (χ1n) is 7.20. The number of hydrogen-bond acceptors (Lipinski definition) is 5. The number of carbonyl (C=O) groups is 1. The fourth-order valence-corrected chi connectivity index (χ4v) is 2.99. The van der Waals surface area contributed by atoms with E-state index < -0.39 is 0 Å². The third-order valence-corrected chi connectivity index (χ3v) is 4.30. The number of nitrogens with zero attached hydrogens (tertiary/aromatic N) is 2. The van der Waals surface area contributed by atoms with E-state index in [1.54, 1.807) is 4.90 Å². The van der Waals surface area contributed by atoms with Crippen molar-refractivity contribution in [3.8, 4) is 5.75 Å². The second-order valence-electron chi connectivity index (χ2n) is 4.73. The number of carbonyl (C=O) groups excluding carboxylic acids is 1. The van der Waals surface area contributed by atoms with Crippen LogP contribution in [0.1, 0.15) is 27.3 Å². The minimum absolute atomic E-state index is 0.0403. The van der Waals surface area contributed by atoms with E-state index in [4.69, 9.17) is 9.84 Å². The molecule has 118 valence electrons. The molecule has 1 heterocycles. The second-order valence-corrected chi connectivity index (χ2v) is 5.82.